The number of rotatable bonds is 1. The zero-order valence-corrected chi connectivity index (χ0v) is 12.2. The van der Waals surface area contributed by atoms with Gasteiger partial charge in [-0.25, -0.2) is 0 Å². The van der Waals surface area contributed by atoms with Crippen LogP contribution in [0, 0.1) is 6.20 Å². The normalized spacial score (nSPS) is 9.25. The molecule has 0 fully saturated rings. The van der Waals surface area contributed by atoms with Crippen molar-refractivity contribution in [2.75, 3.05) is 0 Å². The van der Waals surface area contributed by atoms with E-state index in [1.807, 2.05) is 34.9 Å². The molecule has 0 amide bonds. The zero-order valence-electron chi connectivity index (χ0n) is 10.6. The van der Waals surface area contributed by atoms with Crippen LogP contribution in [0.5, 0.6) is 0 Å². The van der Waals surface area contributed by atoms with Crippen LogP contribution in [-0.4, -0.2) is 25.6 Å². The Hall–Kier alpha value is -2.03. The van der Waals surface area contributed by atoms with Gasteiger partial charge in [-0.2, -0.15) is 0 Å². The number of carboxylic acid groups (broad SMARTS) is 1. The summed E-state index contributed by atoms with van der Waals surface area (Å²) in [6, 6.07) is 11.8. The van der Waals surface area contributed by atoms with Gasteiger partial charge < -0.3 is 9.67 Å². The number of carboxylic acids is 1. The number of nitrogens with zero attached hydrogens (tertiary/aromatic N) is 3. The number of aliphatic carboxylic acids is 1. The minimum atomic E-state index is -0.833. The van der Waals surface area contributed by atoms with Gasteiger partial charge in [-0.05, 0) is 6.07 Å². The van der Waals surface area contributed by atoms with Gasteiger partial charge in [0, 0.05) is 39.7 Å². The van der Waals surface area contributed by atoms with E-state index in [4.69, 9.17) is 9.90 Å². The average molecular weight is 361 g/mol. The van der Waals surface area contributed by atoms with E-state index in [0.29, 0.717) is 5.95 Å². The van der Waals surface area contributed by atoms with Crippen LogP contribution in [0.3, 0.4) is 0 Å². The van der Waals surface area contributed by atoms with Crippen molar-refractivity contribution in [3.63, 3.8) is 0 Å². The van der Waals surface area contributed by atoms with Gasteiger partial charge in [-0.3, -0.25) is 14.8 Å². The number of benzene rings is 1. The Morgan fingerprint density at radius 3 is 2.45 bits per heavy atom. The van der Waals surface area contributed by atoms with Gasteiger partial charge in [0.05, 0.1) is 0 Å². The summed E-state index contributed by atoms with van der Waals surface area (Å²) in [6.45, 7) is 1.08. The molecule has 0 bridgehead atoms. The summed E-state index contributed by atoms with van der Waals surface area (Å²) in [5.41, 5.74) is 1.07. The Morgan fingerprint density at radius 1 is 1.20 bits per heavy atom. The molecule has 3 aromatic rings. The van der Waals surface area contributed by atoms with Crippen molar-refractivity contribution in [1.29, 1.82) is 0 Å². The molecule has 0 unspecified atom stereocenters. The van der Waals surface area contributed by atoms with Crippen LogP contribution in [0.2, 0.25) is 0 Å². The fourth-order valence-corrected chi connectivity index (χ4v) is 1.59. The smallest absolute Gasteiger partial charge is 0.300 e. The Morgan fingerprint density at radius 2 is 1.80 bits per heavy atom. The van der Waals surface area contributed by atoms with Crippen LogP contribution in [-0.2, 0) is 25.2 Å². The van der Waals surface area contributed by atoms with Gasteiger partial charge in [-0.15, -0.1) is 17.5 Å². The summed E-state index contributed by atoms with van der Waals surface area (Å²) in [4.78, 5) is 17.4. The molecule has 0 atom stereocenters. The fraction of sp³-hybridized carbons (Fsp3) is 0.0714. The monoisotopic (exact) mass is 360 g/mol. The summed E-state index contributed by atoms with van der Waals surface area (Å²) in [5.74, 6) is -0.182. The first kappa shape index (κ1) is 16.0. The predicted octanol–water partition coefficient (Wildman–Crippen LogP) is 2.31. The largest absolute Gasteiger partial charge is 0.481 e. The molecule has 2 aromatic heterocycles. The van der Waals surface area contributed by atoms with Crippen LogP contribution in [0.25, 0.3) is 16.9 Å². The van der Waals surface area contributed by atoms with Crippen molar-refractivity contribution in [3.05, 3.63) is 55.0 Å². The first-order valence-corrected chi connectivity index (χ1v) is 5.63. The number of hydrogen-bond acceptors (Lipinski definition) is 3. The maximum absolute atomic E-state index is 9.00. The number of carbonyl (C=O) groups is 1. The fourth-order valence-electron chi connectivity index (χ4n) is 1.59. The first-order chi connectivity index (χ1) is 9.18. The maximum atomic E-state index is 9.00. The third-order valence-corrected chi connectivity index (χ3v) is 2.28. The van der Waals surface area contributed by atoms with E-state index >= 15 is 0 Å². The third-order valence-electron chi connectivity index (χ3n) is 2.28. The standard InChI is InChI=1S/C12H8N3.C2H4O2.Pd/c1-2-5-11-10(4-1)6-9-15(11)12-13-7-3-8-14-12;1-2(3)4;/h1-8H;1H3,(H,3,4);/q-1;;. The molecular formula is C14H12N3O2Pd-. The van der Waals surface area contributed by atoms with Gasteiger partial charge in [0.15, 0.2) is 0 Å². The molecule has 0 aliphatic rings. The molecule has 5 nitrogen and oxygen atoms in total. The van der Waals surface area contributed by atoms with Crippen LogP contribution in [0.4, 0.5) is 0 Å². The molecular weight excluding hydrogens is 349 g/mol. The molecule has 2 heterocycles. The quantitative estimate of drug-likeness (QED) is 0.534. The summed E-state index contributed by atoms with van der Waals surface area (Å²) in [5, 5.41) is 8.56. The van der Waals surface area contributed by atoms with Gasteiger partial charge in [0.2, 0.25) is 0 Å². The molecule has 0 saturated carbocycles. The molecule has 1 aromatic carbocycles. The summed E-state index contributed by atoms with van der Waals surface area (Å²) >= 11 is 0. The van der Waals surface area contributed by atoms with Crippen molar-refractivity contribution in [3.8, 4) is 5.95 Å². The molecule has 0 radical (unpaired) electrons. The van der Waals surface area contributed by atoms with E-state index < -0.39 is 5.97 Å². The topological polar surface area (TPSA) is 68.0 Å². The molecule has 106 valence electrons. The molecule has 20 heavy (non-hydrogen) atoms. The molecule has 6 heteroatoms. The Balaban J connectivity index is 0.000000359. The molecule has 0 saturated heterocycles. The van der Waals surface area contributed by atoms with Crippen LogP contribution < -0.4 is 0 Å². The number of para-hydroxylation sites is 1. The average Bonchev–Trinajstić information content (AvgIpc) is 2.83. The van der Waals surface area contributed by atoms with Crippen molar-refractivity contribution in [1.82, 2.24) is 14.5 Å². The van der Waals surface area contributed by atoms with Crippen molar-refractivity contribution in [2.45, 2.75) is 6.92 Å². The van der Waals surface area contributed by atoms with Gasteiger partial charge in [0.1, 0.15) is 5.95 Å². The van der Waals surface area contributed by atoms with Crippen LogP contribution in [0.1, 0.15) is 6.92 Å². The minimum absolute atomic E-state index is 0. The minimum Gasteiger partial charge on any atom is -0.481 e. The molecule has 3 rings (SSSR count). The van der Waals surface area contributed by atoms with Crippen molar-refractivity contribution in [2.24, 2.45) is 0 Å². The molecule has 1 N–H and O–H groups in total. The summed E-state index contributed by atoms with van der Waals surface area (Å²) in [6.07, 6.45) is 6.58. The van der Waals surface area contributed by atoms with E-state index in [1.54, 1.807) is 18.5 Å². The Kier molecular flexibility index (Phi) is 6.04. The van der Waals surface area contributed by atoms with Gasteiger partial charge in [0.25, 0.3) is 5.97 Å². The zero-order chi connectivity index (χ0) is 13.7. The maximum Gasteiger partial charge on any atom is 0.300 e. The van der Waals surface area contributed by atoms with Gasteiger partial charge in [-0.1, -0.05) is 29.9 Å². The Labute approximate surface area is 129 Å². The second-order valence-electron chi connectivity index (χ2n) is 3.74. The number of aromatic nitrogens is 3. The molecule has 0 aliphatic heterocycles. The number of fused-ring (bicyclic) bond motifs is 1. The van der Waals surface area contributed by atoms with E-state index in [1.165, 1.54) is 0 Å². The molecule has 0 spiro atoms. The van der Waals surface area contributed by atoms with E-state index in [2.05, 4.69) is 16.2 Å². The SMILES string of the molecule is CC(=O)O.[Pd].[c-]1cc2ccccc2n1-c1ncccn1. The van der Waals surface area contributed by atoms with E-state index in [9.17, 15) is 0 Å². The van der Waals surface area contributed by atoms with Crippen molar-refractivity contribution >= 4 is 16.9 Å². The van der Waals surface area contributed by atoms with E-state index in [-0.39, 0.29) is 20.4 Å². The summed E-state index contributed by atoms with van der Waals surface area (Å²) < 4.78 is 1.86. The summed E-state index contributed by atoms with van der Waals surface area (Å²) in [7, 11) is 0. The van der Waals surface area contributed by atoms with Crippen LogP contribution in [0.15, 0.2) is 48.8 Å². The third kappa shape index (κ3) is 3.99. The molecule has 0 aliphatic carbocycles. The Bertz CT molecular complexity index is 679. The second-order valence-corrected chi connectivity index (χ2v) is 3.74. The first-order valence-electron chi connectivity index (χ1n) is 5.63. The predicted molar refractivity (Wildman–Crippen MR) is 71.0 cm³/mol. The van der Waals surface area contributed by atoms with Gasteiger partial charge >= 0.3 is 0 Å². The number of hydrogen-bond donors (Lipinski definition) is 1. The van der Waals surface area contributed by atoms with Crippen molar-refractivity contribution < 1.29 is 30.3 Å². The second kappa shape index (κ2) is 7.53. The van der Waals surface area contributed by atoms with E-state index in [0.717, 1.165) is 17.8 Å². The van der Waals surface area contributed by atoms with Crippen LogP contribution >= 0.6 is 0 Å².